The summed E-state index contributed by atoms with van der Waals surface area (Å²) in [6.07, 6.45) is 89.2. The first-order chi connectivity index (χ1) is 39.5. The van der Waals surface area contributed by atoms with Gasteiger partial charge in [0.15, 0.2) is 6.10 Å². The molecule has 80 heavy (non-hydrogen) atoms. The quantitative estimate of drug-likeness (QED) is 0.0261. The van der Waals surface area contributed by atoms with Crippen molar-refractivity contribution < 1.29 is 28.6 Å². The SMILES string of the molecule is CCCCC/C=C\C/C=C\C/C=C\CCCCCCCCC(=O)OC(COC(=O)CCCCCCCCC/C=C\C/C=C\CCCCCC)COC(=O)CCCCCCCCCCCCCCC/C=C\CCCCCCCCCC. The lowest BCUT2D eigenvalue weighted by Gasteiger charge is -2.18. The van der Waals surface area contributed by atoms with Crippen molar-refractivity contribution in [1.29, 1.82) is 0 Å². The lowest BCUT2D eigenvalue weighted by atomic mass is 10.0. The zero-order valence-electron chi connectivity index (χ0n) is 53.3. The van der Waals surface area contributed by atoms with Crippen LogP contribution in [-0.4, -0.2) is 37.2 Å². The van der Waals surface area contributed by atoms with Crippen LogP contribution in [0.15, 0.2) is 72.9 Å². The monoisotopic (exact) mass is 1120 g/mol. The summed E-state index contributed by atoms with van der Waals surface area (Å²) in [5.74, 6) is -0.883. The number of rotatable bonds is 64. The van der Waals surface area contributed by atoms with E-state index in [9.17, 15) is 14.4 Å². The summed E-state index contributed by atoms with van der Waals surface area (Å²) >= 11 is 0. The fraction of sp³-hybridized carbons (Fsp3) is 0.797. The molecule has 0 saturated heterocycles. The number of ether oxygens (including phenoxy) is 3. The second-order valence-corrected chi connectivity index (χ2v) is 23.4. The van der Waals surface area contributed by atoms with Gasteiger partial charge in [-0.1, -0.05) is 299 Å². The van der Waals surface area contributed by atoms with Gasteiger partial charge < -0.3 is 14.2 Å². The second-order valence-electron chi connectivity index (χ2n) is 23.4. The van der Waals surface area contributed by atoms with E-state index in [1.54, 1.807) is 0 Å². The average Bonchev–Trinajstić information content (AvgIpc) is 3.46. The minimum Gasteiger partial charge on any atom is -0.462 e. The van der Waals surface area contributed by atoms with Crippen LogP contribution in [0.4, 0.5) is 0 Å². The van der Waals surface area contributed by atoms with E-state index in [4.69, 9.17) is 14.2 Å². The molecular formula is C74H132O6. The van der Waals surface area contributed by atoms with Gasteiger partial charge in [-0.25, -0.2) is 0 Å². The Bertz CT molecular complexity index is 1470. The number of hydrogen-bond acceptors (Lipinski definition) is 6. The Balaban J connectivity index is 4.35. The van der Waals surface area contributed by atoms with Crippen LogP contribution in [0, 0.1) is 0 Å². The molecule has 0 heterocycles. The number of hydrogen-bond donors (Lipinski definition) is 0. The van der Waals surface area contributed by atoms with Gasteiger partial charge in [-0.05, 0) is 116 Å². The van der Waals surface area contributed by atoms with Crippen LogP contribution < -0.4 is 0 Å². The van der Waals surface area contributed by atoms with Gasteiger partial charge in [0, 0.05) is 19.3 Å². The maximum atomic E-state index is 12.9. The van der Waals surface area contributed by atoms with Gasteiger partial charge in [-0.2, -0.15) is 0 Å². The van der Waals surface area contributed by atoms with Gasteiger partial charge in [0.25, 0.3) is 0 Å². The van der Waals surface area contributed by atoms with E-state index in [1.807, 2.05) is 0 Å². The highest BCUT2D eigenvalue weighted by Gasteiger charge is 2.19. The van der Waals surface area contributed by atoms with E-state index in [0.717, 1.165) is 96.3 Å². The molecule has 0 spiro atoms. The number of carbonyl (C=O) groups excluding carboxylic acids is 3. The Morgan fingerprint density at radius 2 is 0.450 bits per heavy atom. The lowest BCUT2D eigenvalue weighted by Crippen LogP contribution is -2.30. The summed E-state index contributed by atoms with van der Waals surface area (Å²) in [6, 6.07) is 0. The Kier molecular flexibility index (Phi) is 65.7. The topological polar surface area (TPSA) is 78.9 Å². The van der Waals surface area contributed by atoms with Crippen LogP contribution in [0.5, 0.6) is 0 Å². The van der Waals surface area contributed by atoms with Gasteiger partial charge in [-0.3, -0.25) is 14.4 Å². The first-order valence-corrected chi connectivity index (χ1v) is 34.9. The Hall–Kier alpha value is -3.15. The standard InChI is InChI=1S/C74H132O6/c1-4-7-10-13-16-19-22-25-28-31-34-35-36-37-38-39-41-43-46-49-52-55-58-61-64-67-73(76)79-70-71(69-78-72(75)66-63-60-57-54-51-48-45-42-33-30-27-24-21-18-15-12-9-6-3)80-74(77)68-65-62-59-56-53-50-47-44-40-32-29-26-23-20-17-14-11-8-5-2/h17,20-21,24,26,29-31,33-34,40,44,71H,4-16,18-19,22-23,25,27-28,32,35-39,41-43,45-70H2,1-3H3/b20-17-,24-21-,29-26-,33-30-,34-31-,44-40-. The fourth-order valence-corrected chi connectivity index (χ4v) is 10.1. The van der Waals surface area contributed by atoms with Crippen molar-refractivity contribution in [3.8, 4) is 0 Å². The van der Waals surface area contributed by atoms with Crippen molar-refractivity contribution >= 4 is 17.9 Å². The molecule has 0 radical (unpaired) electrons. The van der Waals surface area contributed by atoms with E-state index in [0.29, 0.717) is 19.3 Å². The highest BCUT2D eigenvalue weighted by Crippen LogP contribution is 2.17. The Morgan fingerprint density at radius 1 is 0.250 bits per heavy atom. The molecule has 464 valence electrons. The third-order valence-corrected chi connectivity index (χ3v) is 15.4. The second kappa shape index (κ2) is 68.3. The van der Waals surface area contributed by atoms with Crippen LogP contribution in [0.1, 0.15) is 361 Å². The molecule has 6 heteroatoms. The first kappa shape index (κ1) is 76.9. The van der Waals surface area contributed by atoms with Crippen LogP contribution in [-0.2, 0) is 28.6 Å². The number of unbranched alkanes of at least 4 members (excludes halogenated alkanes) is 41. The molecule has 0 fully saturated rings. The normalized spacial score (nSPS) is 12.5. The molecule has 0 bridgehead atoms. The molecule has 0 aromatic carbocycles. The van der Waals surface area contributed by atoms with Gasteiger partial charge in [0.1, 0.15) is 13.2 Å². The van der Waals surface area contributed by atoms with Crippen molar-refractivity contribution in [3.05, 3.63) is 72.9 Å². The molecular weight excluding hydrogens is 985 g/mol. The molecule has 0 N–H and O–H groups in total. The largest absolute Gasteiger partial charge is 0.462 e. The smallest absolute Gasteiger partial charge is 0.306 e. The maximum absolute atomic E-state index is 12.9. The van der Waals surface area contributed by atoms with Crippen molar-refractivity contribution in [2.75, 3.05) is 13.2 Å². The van der Waals surface area contributed by atoms with E-state index >= 15 is 0 Å². The van der Waals surface area contributed by atoms with E-state index in [2.05, 4.69) is 93.7 Å². The van der Waals surface area contributed by atoms with Crippen LogP contribution in [0.25, 0.3) is 0 Å². The van der Waals surface area contributed by atoms with Gasteiger partial charge >= 0.3 is 17.9 Å². The third kappa shape index (κ3) is 65.7. The highest BCUT2D eigenvalue weighted by atomic mass is 16.6. The summed E-state index contributed by atoms with van der Waals surface area (Å²) in [6.45, 7) is 6.63. The lowest BCUT2D eigenvalue weighted by molar-refractivity contribution is -0.167. The first-order valence-electron chi connectivity index (χ1n) is 34.9. The van der Waals surface area contributed by atoms with Gasteiger partial charge in [-0.15, -0.1) is 0 Å². The molecule has 0 aromatic heterocycles. The minimum atomic E-state index is -0.788. The summed E-state index contributed by atoms with van der Waals surface area (Å²) in [7, 11) is 0. The maximum Gasteiger partial charge on any atom is 0.306 e. The van der Waals surface area contributed by atoms with Crippen molar-refractivity contribution in [3.63, 3.8) is 0 Å². The average molecular weight is 1120 g/mol. The fourth-order valence-electron chi connectivity index (χ4n) is 10.1. The molecule has 1 atom stereocenters. The third-order valence-electron chi connectivity index (χ3n) is 15.4. The van der Waals surface area contributed by atoms with E-state index in [1.165, 1.54) is 225 Å². The molecule has 6 nitrogen and oxygen atoms in total. The molecule has 0 saturated carbocycles. The molecule has 0 rings (SSSR count). The van der Waals surface area contributed by atoms with Crippen LogP contribution >= 0.6 is 0 Å². The predicted molar refractivity (Wildman–Crippen MR) is 348 cm³/mol. The molecule has 0 amide bonds. The molecule has 0 aromatic rings. The zero-order valence-corrected chi connectivity index (χ0v) is 53.3. The minimum absolute atomic E-state index is 0.0814. The molecule has 1 unspecified atom stereocenters. The Morgan fingerprint density at radius 3 is 0.750 bits per heavy atom. The van der Waals surface area contributed by atoms with Crippen molar-refractivity contribution in [2.24, 2.45) is 0 Å². The Labute approximate surface area is 497 Å². The highest BCUT2D eigenvalue weighted by molar-refractivity contribution is 5.71. The molecule has 0 aliphatic heterocycles. The number of carbonyl (C=O) groups is 3. The van der Waals surface area contributed by atoms with Gasteiger partial charge in [0.2, 0.25) is 0 Å². The summed E-state index contributed by atoms with van der Waals surface area (Å²) in [5, 5.41) is 0. The number of esters is 3. The van der Waals surface area contributed by atoms with Crippen LogP contribution in [0.2, 0.25) is 0 Å². The van der Waals surface area contributed by atoms with E-state index < -0.39 is 6.10 Å². The van der Waals surface area contributed by atoms with Gasteiger partial charge in [0.05, 0.1) is 0 Å². The van der Waals surface area contributed by atoms with Crippen LogP contribution in [0.3, 0.4) is 0 Å². The molecule has 0 aliphatic rings. The summed E-state index contributed by atoms with van der Waals surface area (Å²) in [5.41, 5.74) is 0. The number of allylic oxidation sites excluding steroid dienone is 12. The summed E-state index contributed by atoms with van der Waals surface area (Å²) in [4.78, 5) is 38.5. The predicted octanol–water partition coefficient (Wildman–Crippen LogP) is 24.1. The summed E-state index contributed by atoms with van der Waals surface area (Å²) < 4.78 is 17.0. The van der Waals surface area contributed by atoms with E-state index in [-0.39, 0.29) is 31.1 Å². The van der Waals surface area contributed by atoms with Crippen molar-refractivity contribution in [2.45, 2.75) is 367 Å². The zero-order chi connectivity index (χ0) is 57.8. The van der Waals surface area contributed by atoms with Crippen molar-refractivity contribution in [1.82, 2.24) is 0 Å². The molecule has 0 aliphatic carbocycles.